The van der Waals surface area contributed by atoms with Crippen LogP contribution in [0.3, 0.4) is 0 Å². The molecule has 2 aromatic heterocycles. The van der Waals surface area contributed by atoms with Crippen molar-refractivity contribution in [3.05, 3.63) is 57.0 Å². The Bertz CT molecular complexity index is 930. The predicted molar refractivity (Wildman–Crippen MR) is 88.6 cm³/mol. The number of nitrogens with zero attached hydrogens (tertiary/aromatic N) is 3. The van der Waals surface area contributed by atoms with Crippen LogP contribution >= 0.6 is 22.9 Å². The van der Waals surface area contributed by atoms with Crippen molar-refractivity contribution in [3.8, 4) is 5.75 Å². The van der Waals surface area contributed by atoms with Gasteiger partial charge in [-0.15, -0.1) is 0 Å². The van der Waals surface area contributed by atoms with E-state index in [-0.39, 0.29) is 5.56 Å². The molecule has 0 spiro atoms. The molecule has 0 N–H and O–H groups in total. The van der Waals surface area contributed by atoms with Crippen LogP contribution in [0.15, 0.2) is 35.1 Å². The molecule has 0 unspecified atom stereocenters. The quantitative estimate of drug-likeness (QED) is 0.738. The minimum Gasteiger partial charge on any atom is -0.497 e. The number of hydrogen-bond acceptors (Lipinski definition) is 5. The molecule has 3 rings (SSSR count). The summed E-state index contributed by atoms with van der Waals surface area (Å²) in [4.78, 5) is 16.7. The van der Waals surface area contributed by atoms with Crippen LogP contribution in [0.4, 0.5) is 0 Å². The molecule has 3 aromatic rings. The fourth-order valence-corrected chi connectivity index (χ4v) is 3.09. The number of methoxy groups -OCH3 is 1. The summed E-state index contributed by atoms with van der Waals surface area (Å²) in [5, 5.41) is 5.21. The van der Waals surface area contributed by atoms with Crippen LogP contribution in [0.25, 0.3) is 16.1 Å². The molecule has 1 aromatic carbocycles. The molecule has 5 nitrogen and oxygen atoms in total. The second kappa shape index (κ2) is 5.90. The molecular formula is C15H12ClN3O2S. The van der Waals surface area contributed by atoms with Gasteiger partial charge in [0.05, 0.1) is 12.1 Å². The summed E-state index contributed by atoms with van der Waals surface area (Å²) in [6, 6.07) is 8.95. The van der Waals surface area contributed by atoms with Crippen molar-refractivity contribution in [3.63, 3.8) is 0 Å². The lowest BCUT2D eigenvalue weighted by atomic mass is 10.2. The lowest BCUT2D eigenvalue weighted by Crippen LogP contribution is -2.14. The molecule has 0 bridgehead atoms. The molecule has 2 heterocycles. The average Bonchev–Trinajstić information content (AvgIpc) is 2.92. The highest BCUT2D eigenvalue weighted by Crippen LogP contribution is 2.26. The molecule has 0 saturated carbocycles. The van der Waals surface area contributed by atoms with Crippen molar-refractivity contribution in [2.45, 2.75) is 6.92 Å². The van der Waals surface area contributed by atoms with E-state index in [0.29, 0.717) is 20.7 Å². The number of rotatable bonds is 3. The van der Waals surface area contributed by atoms with Crippen LogP contribution in [0.1, 0.15) is 16.3 Å². The van der Waals surface area contributed by atoms with Gasteiger partial charge in [0.25, 0.3) is 5.56 Å². The fraction of sp³-hybridized carbons (Fsp3) is 0.133. The van der Waals surface area contributed by atoms with Crippen molar-refractivity contribution < 1.29 is 4.74 Å². The Hall–Kier alpha value is -2.18. The Morgan fingerprint density at radius 3 is 3.00 bits per heavy atom. The lowest BCUT2D eigenvalue weighted by Gasteiger charge is -2.00. The summed E-state index contributed by atoms with van der Waals surface area (Å²) in [5.74, 6) is 0.746. The first-order valence-corrected chi connectivity index (χ1v) is 7.65. The van der Waals surface area contributed by atoms with Crippen molar-refractivity contribution in [1.29, 1.82) is 0 Å². The average molecular weight is 334 g/mol. The van der Waals surface area contributed by atoms with Gasteiger partial charge in [0.2, 0.25) is 4.96 Å². The molecular weight excluding hydrogens is 322 g/mol. The van der Waals surface area contributed by atoms with E-state index >= 15 is 0 Å². The molecule has 0 amide bonds. The SMILES string of the molecule is COc1cccc(/C=C(\Cl)c2nn3c(=O)cc(C)nc3s2)c1. The number of aromatic nitrogens is 3. The Labute approximate surface area is 135 Å². The van der Waals surface area contributed by atoms with Gasteiger partial charge < -0.3 is 4.74 Å². The first-order valence-electron chi connectivity index (χ1n) is 6.46. The molecule has 112 valence electrons. The molecule has 22 heavy (non-hydrogen) atoms. The van der Waals surface area contributed by atoms with Crippen LogP contribution in [-0.2, 0) is 0 Å². The van der Waals surface area contributed by atoms with E-state index in [9.17, 15) is 4.79 Å². The Morgan fingerprint density at radius 1 is 1.41 bits per heavy atom. The summed E-state index contributed by atoms with van der Waals surface area (Å²) in [5.41, 5.74) is 1.34. The van der Waals surface area contributed by atoms with Crippen LogP contribution in [0.2, 0.25) is 0 Å². The monoisotopic (exact) mass is 333 g/mol. The van der Waals surface area contributed by atoms with Crippen molar-refractivity contribution in [1.82, 2.24) is 14.6 Å². The molecule has 0 atom stereocenters. The zero-order valence-corrected chi connectivity index (χ0v) is 13.5. The van der Waals surface area contributed by atoms with Crippen LogP contribution in [-0.4, -0.2) is 21.7 Å². The van der Waals surface area contributed by atoms with E-state index in [1.54, 1.807) is 20.1 Å². The topological polar surface area (TPSA) is 56.5 Å². The molecule has 0 fully saturated rings. The first kappa shape index (κ1) is 14.7. The molecule has 7 heteroatoms. The number of hydrogen-bond donors (Lipinski definition) is 0. The summed E-state index contributed by atoms with van der Waals surface area (Å²) in [6.45, 7) is 1.77. The largest absolute Gasteiger partial charge is 0.497 e. The fourth-order valence-electron chi connectivity index (χ4n) is 1.96. The van der Waals surface area contributed by atoms with E-state index in [2.05, 4.69) is 10.1 Å². The highest BCUT2D eigenvalue weighted by molar-refractivity contribution is 7.18. The van der Waals surface area contributed by atoms with E-state index < -0.39 is 0 Å². The van der Waals surface area contributed by atoms with Gasteiger partial charge in [-0.25, -0.2) is 4.98 Å². The van der Waals surface area contributed by atoms with Gasteiger partial charge in [-0.1, -0.05) is 35.1 Å². The summed E-state index contributed by atoms with van der Waals surface area (Å²) in [7, 11) is 1.61. The molecule has 0 aliphatic rings. The number of aryl methyl sites for hydroxylation is 1. The second-order valence-corrected chi connectivity index (χ2v) is 5.97. The van der Waals surface area contributed by atoms with Crippen LogP contribution in [0, 0.1) is 6.92 Å². The highest BCUT2D eigenvalue weighted by atomic mass is 35.5. The molecule has 0 saturated heterocycles. The van der Waals surface area contributed by atoms with Gasteiger partial charge in [0.15, 0.2) is 5.01 Å². The van der Waals surface area contributed by atoms with Crippen molar-refractivity contribution in [2.75, 3.05) is 7.11 Å². The number of halogens is 1. The maximum absolute atomic E-state index is 11.9. The predicted octanol–water partition coefficient (Wildman–Crippen LogP) is 3.20. The first-order chi connectivity index (χ1) is 10.6. The normalized spacial score (nSPS) is 11.9. The third kappa shape index (κ3) is 2.88. The van der Waals surface area contributed by atoms with Gasteiger partial charge in [-0.05, 0) is 30.7 Å². The van der Waals surface area contributed by atoms with E-state index in [4.69, 9.17) is 16.3 Å². The molecule has 0 aliphatic carbocycles. The van der Waals surface area contributed by atoms with Crippen LogP contribution in [0.5, 0.6) is 5.75 Å². The minimum absolute atomic E-state index is 0.212. The number of fused-ring (bicyclic) bond motifs is 1. The Balaban J connectivity index is 2.04. The summed E-state index contributed by atoms with van der Waals surface area (Å²) in [6.07, 6.45) is 1.78. The number of benzene rings is 1. The maximum atomic E-state index is 11.9. The maximum Gasteiger partial charge on any atom is 0.275 e. The van der Waals surface area contributed by atoms with Gasteiger partial charge in [-0.3, -0.25) is 4.79 Å². The number of ether oxygens (including phenoxy) is 1. The summed E-state index contributed by atoms with van der Waals surface area (Å²) >= 11 is 7.60. The van der Waals surface area contributed by atoms with Gasteiger partial charge in [0.1, 0.15) is 5.75 Å². The zero-order valence-electron chi connectivity index (χ0n) is 11.9. The highest BCUT2D eigenvalue weighted by Gasteiger charge is 2.10. The zero-order chi connectivity index (χ0) is 15.7. The van der Waals surface area contributed by atoms with Crippen molar-refractivity contribution >= 4 is 39.0 Å². The second-order valence-electron chi connectivity index (χ2n) is 4.61. The third-order valence-corrected chi connectivity index (χ3v) is 4.31. The van der Waals surface area contributed by atoms with E-state index in [1.807, 2.05) is 24.3 Å². The van der Waals surface area contributed by atoms with E-state index in [0.717, 1.165) is 11.3 Å². The minimum atomic E-state index is -0.212. The van der Waals surface area contributed by atoms with Gasteiger partial charge in [-0.2, -0.15) is 9.61 Å². The van der Waals surface area contributed by atoms with Gasteiger partial charge in [0, 0.05) is 11.8 Å². The summed E-state index contributed by atoms with van der Waals surface area (Å²) < 4.78 is 6.44. The van der Waals surface area contributed by atoms with Gasteiger partial charge >= 0.3 is 0 Å². The molecule has 0 aliphatic heterocycles. The Kier molecular flexibility index (Phi) is 3.96. The van der Waals surface area contributed by atoms with E-state index in [1.165, 1.54) is 21.9 Å². The third-order valence-electron chi connectivity index (χ3n) is 2.96. The lowest BCUT2D eigenvalue weighted by molar-refractivity contribution is 0.414. The smallest absolute Gasteiger partial charge is 0.275 e. The standard InChI is InChI=1S/C15H12ClN3O2S/c1-9-6-13(20)19-15(17-9)22-14(18-19)12(16)8-10-4-3-5-11(7-10)21-2/h3-8H,1-2H3/b12-8-. The Morgan fingerprint density at radius 2 is 2.23 bits per heavy atom. The van der Waals surface area contributed by atoms with Crippen molar-refractivity contribution in [2.24, 2.45) is 0 Å². The molecule has 0 radical (unpaired) electrons. The van der Waals surface area contributed by atoms with Crippen LogP contribution < -0.4 is 10.3 Å².